The Labute approximate surface area is 98.4 Å². The standard InChI is InChI=1S/C13H12O4/c1-16-8-17-12-10-5-3-2-4-9(10)6-7-11(12)13(14)15/h2-7H,8H2,1H3,(H,14,15). The van der Waals surface area contributed by atoms with Crippen LogP contribution in [0.3, 0.4) is 0 Å². The Morgan fingerprint density at radius 1 is 1.24 bits per heavy atom. The molecule has 0 spiro atoms. The number of hydrogen-bond donors (Lipinski definition) is 1. The number of methoxy groups -OCH3 is 1. The molecule has 0 heterocycles. The van der Waals surface area contributed by atoms with Gasteiger partial charge in [0.05, 0.1) is 0 Å². The van der Waals surface area contributed by atoms with Crippen LogP contribution in [0.1, 0.15) is 10.4 Å². The lowest BCUT2D eigenvalue weighted by Crippen LogP contribution is -2.06. The lowest BCUT2D eigenvalue weighted by atomic mass is 10.1. The Kier molecular flexibility index (Phi) is 3.25. The van der Waals surface area contributed by atoms with Crippen molar-refractivity contribution in [2.75, 3.05) is 13.9 Å². The van der Waals surface area contributed by atoms with Crippen LogP contribution in [0.4, 0.5) is 0 Å². The molecule has 17 heavy (non-hydrogen) atoms. The Bertz CT molecular complexity index is 548. The molecule has 2 rings (SSSR count). The van der Waals surface area contributed by atoms with Gasteiger partial charge in [-0.25, -0.2) is 4.79 Å². The summed E-state index contributed by atoms with van der Waals surface area (Å²) in [5.74, 6) is -0.667. The lowest BCUT2D eigenvalue weighted by molar-refractivity contribution is 0.0494. The van der Waals surface area contributed by atoms with Crippen molar-refractivity contribution < 1.29 is 19.4 Å². The maximum atomic E-state index is 11.1. The molecule has 0 fully saturated rings. The molecule has 0 amide bonds. The quantitative estimate of drug-likeness (QED) is 0.823. The van der Waals surface area contributed by atoms with Crippen molar-refractivity contribution in [3.63, 3.8) is 0 Å². The number of hydrogen-bond acceptors (Lipinski definition) is 3. The highest BCUT2D eigenvalue weighted by atomic mass is 16.7. The molecule has 88 valence electrons. The highest BCUT2D eigenvalue weighted by molar-refractivity contribution is 6.00. The van der Waals surface area contributed by atoms with Crippen molar-refractivity contribution in [1.29, 1.82) is 0 Å². The Balaban J connectivity index is 2.61. The van der Waals surface area contributed by atoms with Gasteiger partial charge in [-0.3, -0.25) is 0 Å². The summed E-state index contributed by atoms with van der Waals surface area (Å²) in [4.78, 5) is 11.1. The summed E-state index contributed by atoms with van der Waals surface area (Å²) in [7, 11) is 1.49. The van der Waals surface area contributed by atoms with Gasteiger partial charge in [0.1, 0.15) is 11.3 Å². The second-order valence-corrected chi connectivity index (χ2v) is 3.52. The SMILES string of the molecule is COCOc1c(C(=O)O)ccc2ccccc12. The van der Waals surface area contributed by atoms with Crippen molar-refractivity contribution in [2.24, 2.45) is 0 Å². The Morgan fingerprint density at radius 2 is 2.00 bits per heavy atom. The van der Waals surface area contributed by atoms with Gasteiger partial charge in [0, 0.05) is 12.5 Å². The van der Waals surface area contributed by atoms with Gasteiger partial charge in [-0.05, 0) is 11.5 Å². The third-order valence-electron chi connectivity index (χ3n) is 2.43. The van der Waals surface area contributed by atoms with Crippen molar-refractivity contribution in [3.05, 3.63) is 42.0 Å². The van der Waals surface area contributed by atoms with Gasteiger partial charge in [-0.1, -0.05) is 30.3 Å². The highest BCUT2D eigenvalue weighted by Gasteiger charge is 2.14. The molecule has 0 bridgehead atoms. The molecule has 0 atom stereocenters. The smallest absolute Gasteiger partial charge is 0.339 e. The monoisotopic (exact) mass is 232 g/mol. The zero-order valence-electron chi connectivity index (χ0n) is 9.34. The minimum atomic E-state index is -1.01. The van der Waals surface area contributed by atoms with Crippen molar-refractivity contribution in [1.82, 2.24) is 0 Å². The van der Waals surface area contributed by atoms with E-state index in [9.17, 15) is 4.79 Å². The normalized spacial score (nSPS) is 10.4. The Hall–Kier alpha value is -2.07. The summed E-state index contributed by atoms with van der Waals surface area (Å²) in [5.41, 5.74) is 0.140. The van der Waals surface area contributed by atoms with Crippen LogP contribution >= 0.6 is 0 Å². The molecular weight excluding hydrogens is 220 g/mol. The van der Waals surface area contributed by atoms with Crippen LogP contribution < -0.4 is 4.74 Å². The van der Waals surface area contributed by atoms with Crippen LogP contribution in [0.25, 0.3) is 10.8 Å². The summed E-state index contributed by atoms with van der Waals surface area (Å²) in [5, 5.41) is 10.8. The maximum absolute atomic E-state index is 11.1. The van der Waals surface area contributed by atoms with E-state index in [0.717, 1.165) is 10.8 Å². The molecule has 4 nitrogen and oxygen atoms in total. The average molecular weight is 232 g/mol. The zero-order chi connectivity index (χ0) is 12.3. The molecule has 4 heteroatoms. The first-order valence-electron chi connectivity index (χ1n) is 5.11. The zero-order valence-corrected chi connectivity index (χ0v) is 9.34. The molecule has 1 N–H and O–H groups in total. The van der Waals surface area contributed by atoms with Gasteiger partial charge in [0.15, 0.2) is 6.79 Å². The molecule has 0 aromatic heterocycles. The van der Waals surface area contributed by atoms with Gasteiger partial charge < -0.3 is 14.6 Å². The molecule has 0 aliphatic rings. The number of fused-ring (bicyclic) bond motifs is 1. The molecule has 2 aromatic carbocycles. The van der Waals surface area contributed by atoms with E-state index in [-0.39, 0.29) is 12.4 Å². The van der Waals surface area contributed by atoms with E-state index in [1.807, 2.05) is 24.3 Å². The minimum Gasteiger partial charge on any atom is -0.478 e. The van der Waals surface area contributed by atoms with Crippen LogP contribution in [0.5, 0.6) is 5.75 Å². The molecule has 0 saturated carbocycles. The van der Waals surface area contributed by atoms with Crippen LogP contribution in [0, 0.1) is 0 Å². The van der Waals surface area contributed by atoms with Gasteiger partial charge in [-0.15, -0.1) is 0 Å². The van der Waals surface area contributed by atoms with E-state index in [1.165, 1.54) is 13.2 Å². The number of carbonyl (C=O) groups is 1. The molecule has 0 unspecified atom stereocenters. The van der Waals surface area contributed by atoms with E-state index in [4.69, 9.17) is 14.6 Å². The van der Waals surface area contributed by atoms with E-state index in [2.05, 4.69) is 0 Å². The Morgan fingerprint density at radius 3 is 2.71 bits per heavy atom. The number of rotatable bonds is 4. The van der Waals surface area contributed by atoms with Gasteiger partial charge in [-0.2, -0.15) is 0 Å². The topological polar surface area (TPSA) is 55.8 Å². The highest BCUT2D eigenvalue weighted by Crippen LogP contribution is 2.29. The van der Waals surface area contributed by atoms with Gasteiger partial charge in [0.25, 0.3) is 0 Å². The fraction of sp³-hybridized carbons (Fsp3) is 0.154. The van der Waals surface area contributed by atoms with Crippen molar-refractivity contribution >= 4 is 16.7 Å². The summed E-state index contributed by atoms with van der Waals surface area (Å²) < 4.78 is 10.2. The van der Waals surface area contributed by atoms with E-state index < -0.39 is 5.97 Å². The summed E-state index contributed by atoms with van der Waals surface area (Å²) in [6.45, 7) is 0.0221. The van der Waals surface area contributed by atoms with E-state index in [0.29, 0.717) is 5.75 Å². The molecule has 0 aliphatic carbocycles. The number of ether oxygens (including phenoxy) is 2. The van der Waals surface area contributed by atoms with Crippen LogP contribution in [0.15, 0.2) is 36.4 Å². The molecule has 0 radical (unpaired) electrons. The third-order valence-corrected chi connectivity index (χ3v) is 2.43. The fourth-order valence-electron chi connectivity index (χ4n) is 1.68. The second kappa shape index (κ2) is 4.84. The van der Waals surface area contributed by atoms with Gasteiger partial charge >= 0.3 is 5.97 Å². The summed E-state index contributed by atoms with van der Waals surface area (Å²) in [6.07, 6.45) is 0. The first-order valence-corrected chi connectivity index (χ1v) is 5.11. The first-order chi connectivity index (χ1) is 8.24. The average Bonchev–Trinajstić information content (AvgIpc) is 2.35. The summed E-state index contributed by atoms with van der Waals surface area (Å²) in [6, 6.07) is 10.8. The number of carboxylic acids is 1. The van der Waals surface area contributed by atoms with E-state index in [1.54, 1.807) is 6.07 Å². The minimum absolute atomic E-state index is 0.0221. The molecule has 0 saturated heterocycles. The van der Waals surface area contributed by atoms with Crippen molar-refractivity contribution in [2.45, 2.75) is 0 Å². The number of aromatic carboxylic acids is 1. The molecule has 0 aliphatic heterocycles. The maximum Gasteiger partial charge on any atom is 0.339 e. The predicted molar refractivity (Wildman–Crippen MR) is 63.4 cm³/mol. The largest absolute Gasteiger partial charge is 0.478 e. The van der Waals surface area contributed by atoms with E-state index >= 15 is 0 Å². The predicted octanol–water partition coefficient (Wildman–Crippen LogP) is 2.52. The van der Waals surface area contributed by atoms with Crippen molar-refractivity contribution in [3.8, 4) is 5.75 Å². The van der Waals surface area contributed by atoms with Crippen LogP contribution in [-0.4, -0.2) is 25.0 Å². The van der Waals surface area contributed by atoms with Crippen LogP contribution in [0.2, 0.25) is 0 Å². The number of carboxylic acid groups (broad SMARTS) is 1. The summed E-state index contributed by atoms with van der Waals surface area (Å²) >= 11 is 0. The van der Waals surface area contributed by atoms with Crippen LogP contribution in [-0.2, 0) is 4.74 Å². The fourth-order valence-corrected chi connectivity index (χ4v) is 1.68. The number of benzene rings is 2. The molecular formula is C13H12O4. The third kappa shape index (κ3) is 2.21. The second-order valence-electron chi connectivity index (χ2n) is 3.52. The lowest BCUT2D eigenvalue weighted by Gasteiger charge is -2.11. The van der Waals surface area contributed by atoms with Gasteiger partial charge in [0.2, 0.25) is 0 Å². The molecule has 2 aromatic rings. The first kappa shape index (κ1) is 11.4.